The molecule has 4 nitrogen and oxygen atoms in total. The average molecular weight is 391 g/mol. The summed E-state index contributed by atoms with van der Waals surface area (Å²) in [6, 6.07) is 24.3. The van der Waals surface area contributed by atoms with Crippen molar-refractivity contribution >= 4 is 15.9 Å². The number of benzene rings is 3. The fourth-order valence-electron chi connectivity index (χ4n) is 3.32. The number of hydrogen-bond acceptors (Lipinski definition) is 3. The van der Waals surface area contributed by atoms with Crippen molar-refractivity contribution in [1.82, 2.24) is 4.31 Å². The fraction of sp³-hybridized carbons (Fsp3) is 0.174. The molecule has 1 unspecified atom stereocenters. The molecule has 3 aromatic carbocycles. The van der Waals surface area contributed by atoms with E-state index in [4.69, 9.17) is 4.99 Å². The maximum Gasteiger partial charge on any atom is 0.265 e. The number of nitrogens with zero attached hydrogens (tertiary/aromatic N) is 2. The van der Waals surface area contributed by atoms with Gasteiger partial charge in [-0.15, -0.1) is 0 Å². The molecule has 5 heteroatoms. The van der Waals surface area contributed by atoms with Crippen LogP contribution in [0.3, 0.4) is 0 Å². The van der Waals surface area contributed by atoms with Gasteiger partial charge in [-0.05, 0) is 31.5 Å². The van der Waals surface area contributed by atoms with E-state index in [1.54, 1.807) is 12.1 Å². The zero-order valence-corrected chi connectivity index (χ0v) is 16.7. The van der Waals surface area contributed by atoms with Gasteiger partial charge in [-0.1, -0.05) is 77.9 Å². The highest BCUT2D eigenvalue weighted by molar-refractivity contribution is 7.89. The monoisotopic (exact) mass is 390 g/mol. The Labute approximate surface area is 166 Å². The van der Waals surface area contributed by atoms with E-state index in [1.807, 2.05) is 80.6 Å². The van der Waals surface area contributed by atoms with Crippen LogP contribution in [0.2, 0.25) is 0 Å². The summed E-state index contributed by atoms with van der Waals surface area (Å²) >= 11 is 0. The van der Waals surface area contributed by atoms with Crippen molar-refractivity contribution in [2.75, 3.05) is 6.54 Å². The zero-order valence-electron chi connectivity index (χ0n) is 15.9. The lowest BCUT2D eigenvalue weighted by atomic mass is 10.1. The van der Waals surface area contributed by atoms with E-state index in [9.17, 15) is 8.42 Å². The molecule has 28 heavy (non-hydrogen) atoms. The standard InChI is InChI=1S/C23H22N2O2S/c1-17-8-12-19(13-9-17)22-16-25(23(24-22)20-6-4-3-5-7-20)28(26,27)21-14-10-18(2)11-15-21/h3-15,22H,16H2,1-2H3. The van der Waals surface area contributed by atoms with Crippen LogP contribution in [0.25, 0.3) is 0 Å². The van der Waals surface area contributed by atoms with Gasteiger partial charge in [0.1, 0.15) is 5.84 Å². The van der Waals surface area contributed by atoms with Crippen molar-refractivity contribution in [1.29, 1.82) is 0 Å². The molecular weight excluding hydrogens is 368 g/mol. The molecule has 1 heterocycles. The first-order valence-electron chi connectivity index (χ1n) is 9.24. The Morgan fingerprint density at radius 3 is 2.00 bits per heavy atom. The fourth-order valence-corrected chi connectivity index (χ4v) is 4.77. The number of aliphatic imine (C=N–C) groups is 1. The van der Waals surface area contributed by atoms with Gasteiger partial charge in [-0.2, -0.15) is 0 Å². The minimum Gasteiger partial charge on any atom is -0.257 e. The van der Waals surface area contributed by atoms with Gasteiger partial charge in [0.15, 0.2) is 0 Å². The minimum atomic E-state index is -3.70. The molecule has 0 aromatic heterocycles. The molecule has 1 aliphatic rings. The van der Waals surface area contributed by atoms with Crippen LogP contribution in [0.15, 0.2) is 88.8 Å². The number of aryl methyl sites for hydroxylation is 2. The smallest absolute Gasteiger partial charge is 0.257 e. The Morgan fingerprint density at radius 1 is 0.821 bits per heavy atom. The molecule has 3 aromatic rings. The summed E-state index contributed by atoms with van der Waals surface area (Å²) in [5.41, 5.74) is 4.00. The van der Waals surface area contributed by atoms with Crippen LogP contribution in [0.5, 0.6) is 0 Å². The van der Waals surface area contributed by atoms with Crippen molar-refractivity contribution in [2.45, 2.75) is 24.8 Å². The maximum absolute atomic E-state index is 13.4. The van der Waals surface area contributed by atoms with E-state index < -0.39 is 10.0 Å². The van der Waals surface area contributed by atoms with Crippen LogP contribution in [0.1, 0.15) is 28.3 Å². The maximum atomic E-state index is 13.4. The van der Waals surface area contributed by atoms with Crippen molar-refractivity contribution in [3.8, 4) is 0 Å². The van der Waals surface area contributed by atoms with Crippen LogP contribution >= 0.6 is 0 Å². The number of sulfonamides is 1. The first-order valence-corrected chi connectivity index (χ1v) is 10.7. The van der Waals surface area contributed by atoms with Crippen molar-refractivity contribution in [3.05, 3.63) is 101 Å². The van der Waals surface area contributed by atoms with Crippen LogP contribution in [-0.2, 0) is 10.0 Å². The third-order valence-electron chi connectivity index (χ3n) is 4.96. The molecule has 0 saturated carbocycles. The largest absolute Gasteiger partial charge is 0.265 e. The first-order chi connectivity index (χ1) is 13.4. The van der Waals surface area contributed by atoms with E-state index in [-0.39, 0.29) is 10.9 Å². The second-order valence-electron chi connectivity index (χ2n) is 7.09. The summed E-state index contributed by atoms with van der Waals surface area (Å²) in [7, 11) is -3.70. The van der Waals surface area contributed by atoms with E-state index in [2.05, 4.69) is 0 Å². The predicted octanol–water partition coefficient (Wildman–Crippen LogP) is 4.50. The molecule has 1 atom stereocenters. The summed E-state index contributed by atoms with van der Waals surface area (Å²) in [5.74, 6) is 0.492. The van der Waals surface area contributed by atoms with Crippen LogP contribution in [0, 0.1) is 13.8 Å². The number of hydrogen-bond donors (Lipinski definition) is 0. The van der Waals surface area contributed by atoms with E-state index in [0.29, 0.717) is 12.4 Å². The highest BCUT2D eigenvalue weighted by Crippen LogP contribution is 2.31. The molecule has 0 fully saturated rings. The van der Waals surface area contributed by atoms with Gasteiger partial charge < -0.3 is 0 Å². The van der Waals surface area contributed by atoms with E-state index in [0.717, 1.165) is 22.3 Å². The molecule has 142 valence electrons. The second-order valence-corrected chi connectivity index (χ2v) is 8.96. The van der Waals surface area contributed by atoms with Gasteiger partial charge in [-0.3, -0.25) is 4.99 Å². The Morgan fingerprint density at radius 2 is 1.39 bits per heavy atom. The van der Waals surface area contributed by atoms with Crippen molar-refractivity contribution in [2.24, 2.45) is 4.99 Å². The van der Waals surface area contributed by atoms with Gasteiger partial charge in [0.05, 0.1) is 17.5 Å². The van der Waals surface area contributed by atoms with Gasteiger partial charge in [0.25, 0.3) is 10.0 Å². The molecule has 0 bridgehead atoms. The topological polar surface area (TPSA) is 49.7 Å². The highest BCUT2D eigenvalue weighted by Gasteiger charge is 2.36. The summed E-state index contributed by atoms with van der Waals surface area (Å²) < 4.78 is 28.3. The van der Waals surface area contributed by atoms with E-state index in [1.165, 1.54) is 4.31 Å². The van der Waals surface area contributed by atoms with Crippen LogP contribution < -0.4 is 0 Å². The third-order valence-corrected chi connectivity index (χ3v) is 6.73. The van der Waals surface area contributed by atoms with Gasteiger partial charge in [0, 0.05) is 5.56 Å². The number of amidine groups is 1. The Balaban J connectivity index is 1.78. The zero-order chi connectivity index (χ0) is 19.7. The molecular formula is C23H22N2O2S. The first kappa shape index (κ1) is 18.4. The lowest BCUT2D eigenvalue weighted by Crippen LogP contribution is -2.35. The quantitative estimate of drug-likeness (QED) is 0.659. The molecule has 4 rings (SSSR count). The molecule has 0 aliphatic carbocycles. The average Bonchev–Trinajstić information content (AvgIpc) is 3.16. The third kappa shape index (κ3) is 3.45. The summed E-state index contributed by atoms with van der Waals surface area (Å²) in [4.78, 5) is 5.10. The molecule has 0 amide bonds. The molecule has 0 spiro atoms. The number of rotatable bonds is 4. The summed E-state index contributed by atoms with van der Waals surface area (Å²) in [5, 5.41) is 0. The van der Waals surface area contributed by atoms with Crippen LogP contribution in [-0.4, -0.2) is 25.1 Å². The van der Waals surface area contributed by atoms with Crippen LogP contribution in [0.4, 0.5) is 0 Å². The van der Waals surface area contributed by atoms with Crippen molar-refractivity contribution in [3.63, 3.8) is 0 Å². The summed E-state index contributed by atoms with van der Waals surface area (Å²) in [6.07, 6.45) is 0. The Hall–Kier alpha value is -2.92. The predicted molar refractivity (Wildman–Crippen MR) is 112 cm³/mol. The minimum absolute atomic E-state index is 0.226. The van der Waals surface area contributed by atoms with E-state index >= 15 is 0 Å². The van der Waals surface area contributed by atoms with Crippen molar-refractivity contribution < 1.29 is 8.42 Å². The second kappa shape index (κ2) is 7.24. The molecule has 0 saturated heterocycles. The Kier molecular flexibility index (Phi) is 4.77. The molecule has 0 radical (unpaired) electrons. The lowest BCUT2D eigenvalue weighted by molar-refractivity contribution is 0.520. The summed E-state index contributed by atoms with van der Waals surface area (Å²) in [6.45, 7) is 4.27. The Bertz CT molecular complexity index is 1100. The normalized spacial score (nSPS) is 16.9. The molecule has 0 N–H and O–H groups in total. The van der Waals surface area contributed by atoms with Gasteiger partial charge in [-0.25, -0.2) is 12.7 Å². The molecule has 1 aliphatic heterocycles. The van der Waals surface area contributed by atoms with Gasteiger partial charge >= 0.3 is 0 Å². The lowest BCUT2D eigenvalue weighted by Gasteiger charge is -2.21. The van der Waals surface area contributed by atoms with Gasteiger partial charge in [0.2, 0.25) is 0 Å². The SMILES string of the molecule is Cc1ccc(C2CN(S(=O)(=O)c3ccc(C)cc3)C(c3ccccc3)=N2)cc1. The highest BCUT2D eigenvalue weighted by atomic mass is 32.2.